The Kier molecular flexibility index (Phi) is 7.10. The minimum atomic E-state index is -0.167. The molecule has 0 aromatic heterocycles. The molecule has 0 heterocycles. The summed E-state index contributed by atoms with van der Waals surface area (Å²) in [7, 11) is 1.47. The van der Waals surface area contributed by atoms with Gasteiger partial charge in [0, 0.05) is 23.7 Å². The highest BCUT2D eigenvalue weighted by atomic mass is 35.5. The van der Waals surface area contributed by atoms with E-state index >= 15 is 0 Å². The van der Waals surface area contributed by atoms with Crippen LogP contribution in [0.5, 0.6) is 11.5 Å². The SMILES string of the molecule is COc1cc(/C=N/NC(=O)CCCNc2ccc(Cl)cc2)ccc1O. The van der Waals surface area contributed by atoms with E-state index in [4.69, 9.17) is 16.3 Å². The van der Waals surface area contributed by atoms with Crippen molar-refractivity contribution in [2.45, 2.75) is 12.8 Å². The third-order valence-electron chi connectivity index (χ3n) is 3.36. The maximum absolute atomic E-state index is 11.7. The molecule has 0 aliphatic heterocycles. The number of nitrogens with zero attached hydrogens (tertiary/aromatic N) is 1. The van der Waals surface area contributed by atoms with Gasteiger partial charge in [-0.05, 0) is 54.4 Å². The van der Waals surface area contributed by atoms with Gasteiger partial charge in [0.15, 0.2) is 11.5 Å². The number of amides is 1. The topological polar surface area (TPSA) is 83.0 Å². The van der Waals surface area contributed by atoms with Crippen molar-refractivity contribution in [2.75, 3.05) is 19.0 Å². The molecular weight excluding hydrogens is 342 g/mol. The maximum Gasteiger partial charge on any atom is 0.240 e. The number of carbonyl (C=O) groups is 1. The Morgan fingerprint density at radius 3 is 2.76 bits per heavy atom. The quantitative estimate of drug-likeness (QED) is 0.382. The van der Waals surface area contributed by atoms with E-state index in [1.165, 1.54) is 19.4 Å². The number of benzene rings is 2. The summed E-state index contributed by atoms with van der Waals surface area (Å²) < 4.78 is 5.01. The smallest absolute Gasteiger partial charge is 0.240 e. The first-order valence-electron chi connectivity index (χ1n) is 7.77. The van der Waals surface area contributed by atoms with Gasteiger partial charge >= 0.3 is 0 Å². The van der Waals surface area contributed by atoms with E-state index in [1.54, 1.807) is 12.1 Å². The van der Waals surface area contributed by atoms with Crippen molar-refractivity contribution in [1.82, 2.24) is 5.43 Å². The van der Waals surface area contributed by atoms with Crippen molar-refractivity contribution >= 4 is 29.4 Å². The molecule has 0 fully saturated rings. The fourth-order valence-corrected chi connectivity index (χ4v) is 2.18. The first-order chi connectivity index (χ1) is 12.1. The average Bonchev–Trinajstić information content (AvgIpc) is 2.61. The number of phenolic OH excluding ortho intramolecular Hbond substituents is 1. The third kappa shape index (κ3) is 6.35. The second kappa shape index (κ2) is 9.54. The summed E-state index contributed by atoms with van der Waals surface area (Å²) in [5.41, 5.74) is 4.14. The van der Waals surface area contributed by atoms with E-state index in [1.807, 2.05) is 24.3 Å². The number of phenols is 1. The molecular formula is C18H20ClN3O3. The van der Waals surface area contributed by atoms with Crippen LogP contribution >= 0.6 is 11.6 Å². The highest BCUT2D eigenvalue weighted by molar-refractivity contribution is 6.30. The zero-order chi connectivity index (χ0) is 18.1. The van der Waals surface area contributed by atoms with Crippen molar-refractivity contribution in [1.29, 1.82) is 0 Å². The Morgan fingerprint density at radius 2 is 2.04 bits per heavy atom. The summed E-state index contributed by atoms with van der Waals surface area (Å²) in [4.78, 5) is 11.7. The molecule has 1 amide bonds. The Labute approximate surface area is 151 Å². The predicted octanol–water partition coefficient (Wildman–Crippen LogP) is 3.40. The number of methoxy groups -OCH3 is 1. The molecule has 25 heavy (non-hydrogen) atoms. The van der Waals surface area contributed by atoms with Crippen molar-refractivity contribution < 1.29 is 14.6 Å². The number of hydrogen-bond acceptors (Lipinski definition) is 5. The van der Waals surface area contributed by atoms with E-state index in [2.05, 4.69) is 15.8 Å². The summed E-state index contributed by atoms with van der Waals surface area (Å²) >= 11 is 5.82. The van der Waals surface area contributed by atoms with Gasteiger partial charge in [-0.2, -0.15) is 5.10 Å². The fraction of sp³-hybridized carbons (Fsp3) is 0.222. The molecule has 0 saturated carbocycles. The first-order valence-corrected chi connectivity index (χ1v) is 8.14. The Morgan fingerprint density at radius 1 is 1.28 bits per heavy atom. The predicted molar refractivity (Wildman–Crippen MR) is 99.6 cm³/mol. The molecule has 2 rings (SSSR count). The van der Waals surface area contributed by atoms with Crippen LogP contribution in [0.25, 0.3) is 0 Å². The maximum atomic E-state index is 11.7. The van der Waals surface area contributed by atoms with Crippen LogP contribution in [0.2, 0.25) is 5.02 Å². The van der Waals surface area contributed by atoms with Crippen LogP contribution in [0, 0.1) is 0 Å². The van der Waals surface area contributed by atoms with Gasteiger partial charge < -0.3 is 15.2 Å². The van der Waals surface area contributed by atoms with Crippen LogP contribution in [0.3, 0.4) is 0 Å². The second-order valence-corrected chi connectivity index (χ2v) is 5.70. The molecule has 0 spiro atoms. The number of aromatic hydroxyl groups is 1. The number of ether oxygens (including phenoxy) is 1. The number of carbonyl (C=O) groups excluding carboxylic acids is 1. The molecule has 0 atom stereocenters. The summed E-state index contributed by atoms with van der Waals surface area (Å²) in [6, 6.07) is 12.2. The Bertz CT molecular complexity index is 733. The number of anilines is 1. The van der Waals surface area contributed by atoms with Gasteiger partial charge in [0.05, 0.1) is 13.3 Å². The lowest BCUT2D eigenvalue weighted by Crippen LogP contribution is -2.18. The second-order valence-electron chi connectivity index (χ2n) is 5.26. The minimum absolute atomic E-state index is 0.0527. The molecule has 6 nitrogen and oxygen atoms in total. The number of halogens is 1. The van der Waals surface area contributed by atoms with Gasteiger partial charge in [-0.25, -0.2) is 5.43 Å². The summed E-state index contributed by atoms with van der Waals surface area (Å²) in [5, 5.41) is 17.3. The van der Waals surface area contributed by atoms with E-state index in [-0.39, 0.29) is 11.7 Å². The van der Waals surface area contributed by atoms with E-state index in [0.717, 1.165) is 5.69 Å². The zero-order valence-corrected chi connectivity index (χ0v) is 14.6. The highest BCUT2D eigenvalue weighted by Gasteiger charge is 2.02. The summed E-state index contributed by atoms with van der Waals surface area (Å²) in [6.45, 7) is 0.675. The summed E-state index contributed by atoms with van der Waals surface area (Å²) in [6.07, 6.45) is 2.53. The molecule has 0 unspecified atom stereocenters. The fourth-order valence-electron chi connectivity index (χ4n) is 2.06. The number of rotatable bonds is 8. The zero-order valence-electron chi connectivity index (χ0n) is 13.8. The summed E-state index contributed by atoms with van der Waals surface area (Å²) in [5.74, 6) is 0.236. The van der Waals surface area contributed by atoms with Gasteiger partial charge in [0.1, 0.15) is 0 Å². The molecule has 132 valence electrons. The van der Waals surface area contributed by atoms with Crippen LogP contribution in [-0.2, 0) is 4.79 Å². The Hall–Kier alpha value is -2.73. The van der Waals surface area contributed by atoms with Crippen LogP contribution in [0.15, 0.2) is 47.6 Å². The van der Waals surface area contributed by atoms with Crippen LogP contribution in [-0.4, -0.2) is 30.9 Å². The monoisotopic (exact) mass is 361 g/mol. The van der Waals surface area contributed by atoms with E-state index in [0.29, 0.717) is 35.7 Å². The first kappa shape index (κ1) is 18.6. The lowest BCUT2D eigenvalue weighted by atomic mass is 10.2. The Balaban J connectivity index is 1.69. The molecule has 0 bridgehead atoms. The van der Waals surface area contributed by atoms with E-state index in [9.17, 15) is 9.90 Å². The molecule has 0 saturated heterocycles. The molecule has 0 aliphatic rings. The minimum Gasteiger partial charge on any atom is -0.504 e. The molecule has 2 aromatic carbocycles. The standard InChI is InChI=1S/C18H20ClN3O3/c1-25-17-11-13(4-9-16(17)23)12-21-22-18(24)3-2-10-20-15-7-5-14(19)6-8-15/h4-9,11-12,20,23H,2-3,10H2,1H3,(H,22,24)/b21-12+. The number of hydrazone groups is 1. The van der Waals surface area contributed by atoms with Gasteiger partial charge in [-0.15, -0.1) is 0 Å². The lowest BCUT2D eigenvalue weighted by Gasteiger charge is -2.06. The van der Waals surface area contributed by atoms with Crippen molar-refractivity contribution in [3.8, 4) is 11.5 Å². The third-order valence-corrected chi connectivity index (χ3v) is 3.61. The van der Waals surface area contributed by atoms with Gasteiger partial charge in [-0.1, -0.05) is 11.6 Å². The van der Waals surface area contributed by atoms with Gasteiger partial charge in [0.2, 0.25) is 5.91 Å². The van der Waals surface area contributed by atoms with Crippen LogP contribution < -0.4 is 15.5 Å². The molecule has 0 radical (unpaired) electrons. The molecule has 2 aromatic rings. The van der Waals surface area contributed by atoms with E-state index < -0.39 is 0 Å². The lowest BCUT2D eigenvalue weighted by molar-refractivity contribution is -0.121. The normalized spacial score (nSPS) is 10.6. The average molecular weight is 362 g/mol. The number of nitrogens with one attached hydrogen (secondary N) is 2. The number of hydrogen-bond donors (Lipinski definition) is 3. The van der Waals surface area contributed by atoms with Crippen molar-refractivity contribution in [3.05, 3.63) is 53.1 Å². The van der Waals surface area contributed by atoms with Crippen molar-refractivity contribution in [2.24, 2.45) is 5.10 Å². The largest absolute Gasteiger partial charge is 0.504 e. The van der Waals surface area contributed by atoms with Crippen LogP contribution in [0.1, 0.15) is 18.4 Å². The molecule has 0 aliphatic carbocycles. The van der Waals surface area contributed by atoms with Crippen LogP contribution in [0.4, 0.5) is 5.69 Å². The molecule has 7 heteroatoms. The van der Waals surface area contributed by atoms with Gasteiger partial charge in [-0.3, -0.25) is 4.79 Å². The van der Waals surface area contributed by atoms with Gasteiger partial charge in [0.25, 0.3) is 0 Å². The molecule has 3 N–H and O–H groups in total. The highest BCUT2D eigenvalue weighted by Crippen LogP contribution is 2.25. The van der Waals surface area contributed by atoms with Crippen molar-refractivity contribution in [3.63, 3.8) is 0 Å².